The summed E-state index contributed by atoms with van der Waals surface area (Å²) in [5.74, 6) is 1.57. The van der Waals surface area contributed by atoms with Gasteiger partial charge in [-0.1, -0.05) is 25.6 Å². The van der Waals surface area contributed by atoms with Crippen LogP contribution < -0.4 is 5.56 Å². The van der Waals surface area contributed by atoms with Crippen molar-refractivity contribution in [3.05, 3.63) is 20.8 Å². The highest BCUT2D eigenvalue weighted by atomic mass is 32.2. The number of hydrogen-bond acceptors (Lipinski definition) is 4. The first kappa shape index (κ1) is 13.6. The largest absolute Gasteiger partial charge is 0.290 e. The average molecular weight is 282 g/mol. The predicted molar refractivity (Wildman–Crippen MR) is 79.9 cm³/mol. The van der Waals surface area contributed by atoms with Gasteiger partial charge in [-0.15, -0.1) is 11.3 Å². The summed E-state index contributed by atoms with van der Waals surface area (Å²) in [5.41, 5.74) is 1.15. The number of thioether (sulfide) groups is 1. The number of aromatic nitrogens is 2. The lowest BCUT2D eigenvalue weighted by Gasteiger charge is -2.08. The number of fused-ring (bicyclic) bond motifs is 1. The fourth-order valence-corrected chi connectivity index (χ4v) is 3.72. The molecule has 0 N–H and O–H groups in total. The summed E-state index contributed by atoms with van der Waals surface area (Å²) in [5, 5.41) is 1.61. The first-order chi connectivity index (χ1) is 8.41. The molecule has 0 fully saturated rings. The second-order valence-corrected chi connectivity index (χ2v) is 7.12. The summed E-state index contributed by atoms with van der Waals surface area (Å²) in [6, 6.07) is 0. The van der Waals surface area contributed by atoms with E-state index in [4.69, 9.17) is 0 Å². The zero-order valence-corrected chi connectivity index (χ0v) is 13.0. The second-order valence-electron chi connectivity index (χ2n) is 4.93. The highest BCUT2D eigenvalue weighted by Crippen LogP contribution is 2.28. The van der Waals surface area contributed by atoms with Crippen LogP contribution in [0, 0.1) is 19.8 Å². The minimum atomic E-state index is 0.0770. The molecule has 0 atom stereocenters. The van der Waals surface area contributed by atoms with Crippen LogP contribution in [0.4, 0.5) is 0 Å². The van der Waals surface area contributed by atoms with Crippen LogP contribution in [-0.4, -0.2) is 15.3 Å². The molecule has 98 valence electrons. The molecule has 0 radical (unpaired) electrons. The summed E-state index contributed by atoms with van der Waals surface area (Å²) in [7, 11) is 1.81. The monoisotopic (exact) mass is 282 g/mol. The van der Waals surface area contributed by atoms with Gasteiger partial charge in [-0.25, -0.2) is 4.98 Å². The summed E-state index contributed by atoms with van der Waals surface area (Å²) in [4.78, 5) is 19.0. The maximum atomic E-state index is 12.3. The highest BCUT2D eigenvalue weighted by Gasteiger charge is 2.14. The molecule has 5 heteroatoms. The molecule has 18 heavy (non-hydrogen) atoms. The Labute approximate surface area is 115 Å². The van der Waals surface area contributed by atoms with Crippen molar-refractivity contribution in [3.63, 3.8) is 0 Å². The minimum absolute atomic E-state index is 0.0770. The van der Waals surface area contributed by atoms with Crippen LogP contribution in [0.15, 0.2) is 9.95 Å². The number of rotatable bonds is 3. The summed E-state index contributed by atoms with van der Waals surface area (Å²) in [6.07, 6.45) is 0. The molecular formula is C13H18N2OS2. The third kappa shape index (κ3) is 2.34. The van der Waals surface area contributed by atoms with Gasteiger partial charge in [-0.2, -0.15) is 0 Å². The topological polar surface area (TPSA) is 34.9 Å². The SMILES string of the molecule is Cc1sc2nc(SCC(C)C)n(C)c(=O)c2c1C. The molecule has 0 saturated heterocycles. The molecule has 0 amide bonds. The Bertz CT molecular complexity index is 640. The van der Waals surface area contributed by atoms with Gasteiger partial charge in [0, 0.05) is 17.7 Å². The lowest BCUT2D eigenvalue weighted by molar-refractivity contribution is 0.713. The zero-order chi connectivity index (χ0) is 13.4. The number of hydrogen-bond donors (Lipinski definition) is 0. The van der Waals surface area contributed by atoms with E-state index in [2.05, 4.69) is 18.8 Å². The maximum absolute atomic E-state index is 12.3. The van der Waals surface area contributed by atoms with Crippen LogP contribution in [-0.2, 0) is 7.05 Å². The first-order valence-electron chi connectivity index (χ1n) is 6.01. The Morgan fingerprint density at radius 2 is 2.06 bits per heavy atom. The van der Waals surface area contributed by atoms with E-state index in [0.717, 1.165) is 26.7 Å². The van der Waals surface area contributed by atoms with E-state index in [9.17, 15) is 4.79 Å². The molecule has 0 aliphatic carbocycles. The molecule has 2 heterocycles. The average Bonchev–Trinajstić information content (AvgIpc) is 2.58. The predicted octanol–water partition coefficient (Wildman–Crippen LogP) is 3.36. The molecule has 0 bridgehead atoms. The zero-order valence-electron chi connectivity index (χ0n) is 11.4. The highest BCUT2D eigenvalue weighted by molar-refractivity contribution is 7.99. The Morgan fingerprint density at radius 3 is 2.67 bits per heavy atom. The normalized spacial score (nSPS) is 11.7. The van der Waals surface area contributed by atoms with Gasteiger partial charge in [0.2, 0.25) is 0 Å². The Kier molecular flexibility index (Phi) is 3.82. The first-order valence-corrected chi connectivity index (χ1v) is 7.81. The van der Waals surface area contributed by atoms with Crippen molar-refractivity contribution in [2.24, 2.45) is 13.0 Å². The van der Waals surface area contributed by atoms with Gasteiger partial charge in [-0.3, -0.25) is 9.36 Å². The second kappa shape index (κ2) is 5.05. The van der Waals surface area contributed by atoms with Gasteiger partial charge in [0.05, 0.1) is 5.39 Å². The van der Waals surface area contributed by atoms with Crippen LogP contribution in [0.1, 0.15) is 24.3 Å². The van der Waals surface area contributed by atoms with E-state index < -0.39 is 0 Å². The van der Waals surface area contributed by atoms with Crippen LogP contribution >= 0.6 is 23.1 Å². The summed E-state index contributed by atoms with van der Waals surface area (Å²) >= 11 is 3.27. The molecule has 3 nitrogen and oxygen atoms in total. The van der Waals surface area contributed by atoms with Gasteiger partial charge in [0.1, 0.15) is 4.83 Å². The lowest BCUT2D eigenvalue weighted by atomic mass is 10.2. The van der Waals surface area contributed by atoms with Crippen molar-refractivity contribution in [2.75, 3.05) is 5.75 Å². The fraction of sp³-hybridized carbons (Fsp3) is 0.538. The van der Waals surface area contributed by atoms with Gasteiger partial charge in [0.25, 0.3) is 5.56 Å². The Morgan fingerprint density at radius 1 is 1.39 bits per heavy atom. The van der Waals surface area contributed by atoms with Crippen LogP contribution in [0.2, 0.25) is 0 Å². The van der Waals surface area contributed by atoms with E-state index in [1.54, 1.807) is 27.7 Å². The van der Waals surface area contributed by atoms with Crippen molar-refractivity contribution in [3.8, 4) is 0 Å². The van der Waals surface area contributed by atoms with Gasteiger partial charge < -0.3 is 0 Å². The van der Waals surface area contributed by atoms with Crippen molar-refractivity contribution in [1.82, 2.24) is 9.55 Å². The molecule has 2 rings (SSSR count). The van der Waals surface area contributed by atoms with Gasteiger partial charge in [-0.05, 0) is 25.3 Å². The van der Waals surface area contributed by atoms with Gasteiger partial charge in [0.15, 0.2) is 5.16 Å². The summed E-state index contributed by atoms with van der Waals surface area (Å²) < 4.78 is 1.68. The van der Waals surface area contributed by atoms with E-state index in [0.29, 0.717) is 5.92 Å². The quantitative estimate of drug-likeness (QED) is 0.639. The molecule has 0 unspecified atom stereocenters. The maximum Gasteiger partial charge on any atom is 0.262 e. The molecule has 0 saturated carbocycles. The third-order valence-electron chi connectivity index (χ3n) is 2.92. The van der Waals surface area contributed by atoms with Crippen LogP contribution in [0.25, 0.3) is 10.2 Å². The van der Waals surface area contributed by atoms with E-state index >= 15 is 0 Å². The molecule has 2 aromatic heterocycles. The Balaban J connectivity index is 2.57. The van der Waals surface area contributed by atoms with Crippen LogP contribution in [0.5, 0.6) is 0 Å². The molecule has 0 spiro atoms. The van der Waals surface area contributed by atoms with E-state index in [1.807, 2.05) is 20.9 Å². The van der Waals surface area contributed by atoms with Gasteiger partial charge >= 0.3 is 0 Å². The van der Waals surface area contributed by atoms with Crippen molar-refractivity contribution in [1.29, 1.82) is 0 Å². The molecular weight excluding hydrogens is 264 g/mol. The Hall–Kier alpha value is -0.810. The third-order valence-corrected chi connectivity index (χ3v) is 5.47. The lowest BCUT2D eigenvalue weighted by Crippen LogP contribution is -2.20. The van der Waals surface area contributed by atoms with E-state index in [-0.39, 0.29) is 5.56 Å². The van der Waals surface area contributed by atoms with Crippen LogP contribution in [0.3, 0.4) is 0 Å². The van der Waals surface area contributed by atoms with Crippen molar-refractivity contribution >= 4 is 33.3 Å². The molecule has 2 aromatic rings. The standard InChI is InChI=1S/C13H18N2OS2/c1-7(2)6-17-13-14-11-10(12(16)15(13)5)8(3)9(4)18-11/h7H,6H2,1-5H3. The van der Waals surface area contributed by atoms with Crippen molar-refractivity contribution in [2.45, 2.75) is 32.9 Å². The number of nitrogens with zero attached hydrogens (tertiary/aromatic N) is 2. The number of aryl methyl sites for hydroxylation is 2. The molecule has 0 aliphatic heterocycles. The summed E-state index contributed by atoms with van der Waals surface area (Å²) in [6.45, 7) is 8.38. The number of thiophene rings is 1. The van der Waals surface area contributed by atoms with E-state index in [1.165, 1.54) is 4.88 Å². The van der Waals surface area contributed by atoms with Crippen molar-refractivity contribution < 1.29 is 0 Å². The molecule has 0 aromatic carbocycles. The fourth-order valence-electron chi connectivity index (χ4n) is 1.73. The smallest absolute Gasteiger partial charge is 0.262 e. The minimum Gasteiger partial charge on any atom is -0.290 e. The molecule has 0 aliphatic rings.